The highest BCUT2D eigenvalue weighted by atomic mass is 32.1. The number of benzene rings is 1. The Labute approximate surface area is 111 Å². The van der Waals surface area contributed by atoms with Gasteiger partial charge < -0.3 is 5.32 Å². The van der Waals surface area contributed by atoms with Crippen molar-refractivity contribution in [2.24, 2.45) is 5.92 Å². The van der Waals surface area contributed by atoms with Crippen molar-refractivity contribution in [1.82, 2.24) is 0 Å². The van der Waals surface area contributed by atoms with E-state index in [9.17, 15) is 0 Å². The Morgan fingerprint density at radius 3 is 2.94 bits per heavy atom. The summed E-state index contributed by atoms with van der Waals surface area (Å²) in [5, 5.41) is 5.92. The maximum absolute atomic E-state index is 3.74. The van der Waals surface area contributed by atoms with Crippen LogP contribution < -0.4 is 5.32 Å². The van der Waals surface area contributed by atoms with Crippen LogP contribution in [0.25, 0.3) is 0 Å². The molecular formula is C16H15NS. The van der Waals surface area contributed by atoms with Crippen molar-refractivity contribution >= 4 is 17.0 Å². The Bertz CT molecular complexity index is 585. The van der Waals surface area contributed by atoms with Crippen LogP contribution in [0, 0.1) is 5.92 Å². The lowest BCUT2D eigenvalue weighted by Gasteiger charge is -2.36. The van der Waals surface area contributed by atoms with E-state index in [4.69, 9.17) is 0 Å². The summed E-state index contributed by atoms with van der Waals surface area (Å²) in [5.41, 5.74) is 2.77. The summed E-state index contributed by atoms with van der Waals surface area (Å²) in [6, 6.07) is 13.6. The number of para-hydroxylation sites is 1. The minimum atomic E-state index is 0.472. The Morgan fingerprint density at radius 2 is 2.06 bits per heavy atom. The summed E-state index contributed by atoms with van der Waals surface area (Å²) in [7, 11) is 0. The van der Waals surface area contributed by atoms with Gasteiger partial charge in [0, 0.05) is 16.5 Å². The van der Waals surface area contributed by atoms with Gasteiger partial charge >= 0.3 is 0 Å². The fourth-order valence-electron chi connectivity index (χ4n) is 3.29. The first-order valence-corrected chi connectivity index (χ1v) is 7.37. The van der Waals surface area contributed by atoms with Gasteiger partial charge in [-0.15, -0.1) is 11.3 Å². The van der Waals surface area contributed by atoms with Crippen LogP contribution in [-0.4, -0.2) is 0 Å². The van der Waals surface area contributed by atoms with E-state index in [1.165, 1.54) is 22.5 Å². The van der Waals surface area contributed by atoms with Crippen LogP contribution in [0.1, 0.15) is 28.8 Å². The number of anilines is 1. The molecule has 0 spiro atoms. The largest absolute Gasteiger partial charge is 0.377 e. The molecule has 1 aromatic heterocycles. The van der Waals surface area contributed by atoms with Gasteiger partial charge in [-0.05, 0) is 35.4 Å². The van der Waals surface area contributed by atoms with Gasteiger partial charge in [0.2, 0.25) is 0 Å². The zero-order valence-electron chi connectivity index (χ0n) is 10.0. The lowest BCUT2D eigenvalue weighted by atomic mass is 9.79. The molecule has 18 heavy (non-hydrogen) atoms. The van der Waals surface area contributed by atoms with Gasteiger partial charge in [0.15, 0.2) is 0 Å². The number of hydrogen-bond donors (Lipinski definition) is 1. The average Bonchev–Trinajstić information content (AvgIpc) is 3.09. The quantitative estimate of drug-likeness (QED) is 0.734. The van der Waals surface area contributed by atoms with Crippen LogP contribution in [0.2, 0.25) is 0 Å². The lowest BCUT2D eigenvalue weighted by molar-refractivity contribution is 0.430. The Hall–Kier alpha value is -1.54. The Morgan fingerprint density at radius 1 is 1.11 bits per heavy atom. The molecule has 2 aliphatic rings. The molecule has 4 rings (SSSR count). The van der Waals surface area contributed by atoms with Crippen molar-refractivity contribution in [3.63, 3.8) is 0 Å². The molecule has 0 saturated carbocycles. The first kappa shape index (κ1) is 10.4. The van der Waals surface area contributed by atoms with E-state index in [1.807, 2.05) is 11.3 Å². The molecule has 2 heterocycles. The molecule has 2 aromatic rings. The normalized spacial score (nSPS) is 28.6. The van der Waals surface area contributed by atoms with Gasteiger partial charge in [-0.3, -0.25) is 0 Å². The second-order valence-corrected chi connectivity index (χ2v) is 6.06. The van der Waals surface area contributed by atoms with Gasteiger partial charge in [0.05, 0.1) is 6.04 Å². The number of allylic oxidation sites excluding steroid dienone is 2. The molecule has 0 bridgehead atoms. The van der Waals surface area contributed by atoms with E-state index in [0.717, 1.165) is 0 Å². The molecule has 3 atom stereocenters. The number of rotatable bonds is 1. The van der Waals surface area contributed by atoms with Crippen molar-refractivity contribution < 1.29 is 0 Å². The summed E-state index contributed by atoms with van der Waals surface area (Å²) >= 11 is 1.86. The second-order valence-electron chi connectivity index (χ2n) is 5.08. The van der Waals surface area contributed by atoms with Crippen LogP contribution in [0.5, 0.6) is 0 Å². The van der Waals surface area contributed by atoms with Crippen molar-refractivity contribution in [2.75, 3.05) is 5.32 Å². The molecule has 1 aromatic carbocycles. The zero-order chi connectivity index (χ0) is 11.9. The summed E-state index contributed by atoms with van der Waals surface area (Å²) in [6.45, 7) is 0. The van der Waals surface area contributed by atoms with Gasteiger partial charge in [-0.1, -0.05) is 36.4 Å². The van der Waals surface area contributed by atoms with Crippen LogP contribution in [0.3, 0.4) is 0 Å². The second kappa shape index (κ2) is 3.99. The minimum absolute atomic E-state index is 0.472. The molecule has 0 fully saturated rings. The monoisotopic (exact) mass is 253 g/mol. The Kier molecular flexibility index (Phi) is 2.30. The van der Waals surface area contributed by atoms with E-state index in [-0.39, 0.29) is 0 Å². The third-order valence-electron chi connectivity index (χ3n) is 4.12. The SMILES string of the molecule is C1=CC2c3ccccc3NC(c3cccs3)C2C1. The molecule has 1 N–H and O–H groups in total. The molecule has 2 heteroatoms. The molecule has 3 unspecified atom stereocenters. The maximum Gasteiger partial charge on any atom is 0.0646 e. The summed E-state index contributed by atoms with van der Waals surface area (Å²) in [6.07, 6.45) is 5.93. The molecule has 0 radical (unpaired) electrons. The van der Waals surface area contributed by atoms with E-state index in [1.54, 1.807) is 0 Å². The molecule has 1 aliphatic carbocycles. The van der Waals surface area contributed by atoms with E-state index in [2.05, 4.69) is 59.2 Å². The predicted octanol–water partition coefficient (Wildman–Crippen LogP) is 4.57. The highest BCUT2D eigenvalue weighted by Crippen LogP contribution is 2.50. The van der Waals surface area contributed by atoms with Gasteiger partial charge in [-0.25, -0.2) is 0 Å². The standard InChI is InChI=1S/C16H15NS/c1-2-8-14-12(5-1)11-6-3-7-13(11)16(17-14)15-9-4-10-18-15/h1-6,8-11,13,16-17H,7H2. The van der Waals surface area contributed by atoms with Gasteiger partial charge in [0.25, 0.3) is 0 Å². The highest BCUT2D eigenvalue weighted by molar-refractivity contribution is 7.10. The van der Waals surface area contributed by atoms with Crippen LogP contribution in [-0.2, 0) is 0 Å². The molecule has 90 valence electrons. The Balaban J connectivity index is 1.82. The summed E-state index contributed by atoms with van der Waals surface area (Å²) < 4.78 is 0. The molecule has 0 amide bonds. The molecule has 1 nitrogen and oxygen atoms in total. The van der Waals surface area contributed by atoms with E-state index in [0.29, 0.717) is 17.9 Å². The maximum atomic E-state index is 3.74. The number of nitrogens with one attached hydrogen (secondary N) is 1. The third kappa shape index (κ3) is 1.45. The van der Waals surface area contributed by atoms with E-state index >= 15 is 0 Å². The topological polar surface area (TPSA) is 12.0 Å². The van der Waals surface area contributed by atoms with Crippen molar-refractivity contribution in [1.29, 1.82) is 0 Å². The smallest absolute Gasteiger partial charge is 0.0646 e. The third-order valence-corrected chi connectivity index (χ3v) is 5.08. The van der Waals surface area contributed by atoms with Crippen LogP contribution in [0.4, 0.5) is 5.69 Å². The number of thiophene rings is 1. The first-order chi connectivity index (χ1) is 8.93. The minimum Gasteiger partial charge on any atom is -0.377 e. The first-order valence-electron chi connectivity index (χ1n) is 6.49. The van der Waals surface area contributed by atoms with Crippen molar-refractivity contribution in [3.05, 3.63) is 64.4 Å². The highest BCUT2D eigenvalue weighted by Gasteiger charge is 2.37. The van der Waals surface area contributed by atoms with Crippen molar-refractivity contribution in [2.45, 2.75) is 18.4 Å². The van der Waals surface area contributed by atoms with Gasteiger partial charge in [-0.2, -0.15) is 0 Å². The fraction of sp³-hybridized carbons (Fsp3) is 0.250. The predicted molar refractivity (Wildman–Crippen MR) is 77.1 cm³/mol. The zero-order valence-corrected chi connectivity index (χ0v) is 10.9. The number of hydrogen-bond acceptors (Lipinski definition) is 2. The molecule has 0 saturated heterocycles. The van der Waals surface area contributed by atoms with Crippen LogP contribution in [0.15, 0.2) is 53.9 Å². The molecular weight excluding hydrogens is 238 g/mol. The number of fused-ring (bicyclic) bond motifs is 3. The van der Waals surface area contributed by atoms with Crippen LogP contribution >= 0.6 is 11.3 Å². The van der Waals surface area contributed by atoms with E-state index < -0.39 is 0 Å². The van der Waals surface area contributed by atoms with Crippen molar-refractivity contribution in [3.8, 4) is 0 Å². The lowest BCUT2D eigenvalue weighted by Crippen LogP contribution is -2.28. The summed E-state index contributed by atoms with van der Waals surface area (Å²) in [5.74, 6) is 1.27. The van der Waals surface area contributed by atoms with Gasteiger partial charge in [0.1, 0.15) is 0 Å². The average molecular weight is 253 g/mol. The molecule has 1 aliphatic heterocycles. The summed E-state index contributed by atoms with van der Waals surface area (Å²) in [4.78, 5) is 1.46. The fourth-order valence-corrected chi connectivity index (χ4v) is 4.15.